The first-order valence-corrected chi connectivity index (χ1v) is 5.99. The molecule has 0 aliphatic carbocycles. The van der Waals surface area contributed by atoms with Crippen LogP contribution >= 0.6 is 0 Å². The Morgan fingerprint density at radius 1 is 1.50 bits per heavy atom. The lowest BCUT2D eigenvalue weighted by molar-refractivity contribution is -0.385. The van der Waals surface area contributed by atoms with Crippen LogP contribution in [0, 0.1) is 23.0 Å². The SMILES string of the molecule is CCC(C)CNC(=O)c1cc(C)ccc1[N+](=O)[O-]. The second kappa shape index (κ2) is 6.14. The van der Waals surface area contributed by atoms with Gasteiger partial charge in [-0.3, -0.25) is 14.9 Å². The van der Waals surface area contributed by atoms with Gasteiger partial charge < -0.3 is 5.32 Å². The fourth-order valence-corrected chi connectivity index (χ4v) is 1.50. The van der Waals surface area contributed by atoms with E-state index in [1.807, 2.05) is 13.8 Å². The highest BCUT2D eigenvalue weighted by molar-refractivity contribution is 5.98. The highest BCUT2D eigenvalue weighted by atomic mass is 16.6. The maximum atomic E-state index is 11.9. The van der Waals surface area contributed by atoms with Gasteiger partial charge >= 0.3 is 0 Å². The lowest BCUT2D eigenvalue weighted by atomic mass is 10.1. The van der Waals surface area contributed by atoms with E-state index < -0.39 is 4.92 Å². The molecule has 0 bridgehead atoms. The van der Waals surface area contributed by atoms with Gasteiger partial charge in [-0.15, -0.1) is 0 Å². The lowest BCUT2D eigenvalue weighted by Gasteiger charge is -2.10. The second-order valence-electron chi connectivity index (χ2n) is 4.50. The van der Waals surface area contributed by atoms with Gasteiger partial charge in [0.25, 0.3) is 11.6 Å². The number of nitro benzene ring substituents is 1. The molecule has 1 amide bonds. The van der Waals surface area contributed by atoms with Crippen LogP contribution < -0.4 is 5.32 Å². The summed E-state index contributed by atoms with van der Waals surface area (Å²) in [6.07, 6.45) is 0.955. The first-order chi connectivity index (χ1) is 8.45. The topological polar surface area (TPSA) is 72.2 Å². The molecule has 1 atom stereocenters. The number of benzene rings is 1. The van der Waals surface area contributed by atoms with Crippen LogP contribution in [0.5, 0.6) is 0 Å². The van der Waals surface area contributed by atoms with Crippen LogP contribution in [0.2, 0.25) is 0 Å². The third-order valence-electron chi connectivity index (χ3n) is 2.90. The van der Waals surface area contributed by atoms with E-state index in [9.17, 15) is 14.9 Å². The quantitative estimate of drug-likeness (QED) is 0.645. The molecule has 0 aromatic heterocycles. The lowest BCUT2D eigenvalue weighted by Crippen LogP contribution is -2.28. The Morgan fingerprint density at radius 2 is 2.17 bits per heavy atom. The number of hydrogen-bond acceptors (Lipinski definition) is 3. The molecule has 98 valence electrons. The van der Waals surface area contributed by atoms with E-state index in [2.05, 4.69) is 5.32 Å². The number of amides is 1. The highest BCUT2D eigenvalue weighted by Gasteiger charge is 2.19. The van der Waals surface area contributed by atoms with Gasteiger partial charge in [-0.1, -0.05) is 26.3 Å². The van der Waals surface area contributed by atoms with Crippen molar-refractivity contribution in [3.8, 4) is 0 Å². The number of rotatable bonds is 5. The standard InChI is InChI=1S/C13H18N2O3/c1-4-9(2)8-14-13(16)11-7-10(3)5-6-12(11)15(17)18/h5-7,9H,4,8H2,1-3H3,(H,14,16). The minimum Gasteiger partial charge on any atom is -0.352 e. The molecule has 0 heterocycles. The van der Waals surface area contributed by atoms with Crippen LogP contribution in [-0.4, -0.2) is 17.4 Å². The molecule has 0 saturated heterocycles. The van der Waals surface area contributed by atoms with Crippen molar-refractivity contribution < 1.29 is 9.72 Å². The monoisotopic (exact) mass is 250 g/mol. The highest BCUT2D eigenvalue weighted by Crippen LogP contribution is 2.19. The molecule has 0 spiro atoms. The van der Waals surface area contributed by atoms with E-state index in [1.54, 1.807) is 19.1 Å². The molecule has 5 heteroatoms. The van der Waals surface area contributed by atoms with Gasteiger partial charge in [0.1, 0.15) is 5.56 Å². The molecule has 1 aromatic rings. The van der Waals surface area contributed by atoms with Crippen molar-refractivity contribution >= 4 is 11.6 Å². The largest absolute Gasteiger partial charge is 0.352 e. The minimum absolute atomic E-state index is 0.128. The van der Waals surface area contributed by atoms with Crippen molar-refractivity contribution in [1.82, 2.24) is 5.32 Å². The van der Waals surface area contributed by atoms with Gasteiger partial charge in [0, 0.05) is 12.6 Å². The maximum absolute atomic E-state index is 11.9. The van der Waals surface area contributed by atoms with Crippen LogP contribution in [0.1, 0.15) is 36.2 Å². The summed E-state index contributed by atoms with van der Waals surface area (Å²) in [6.45, 7) is 6.38. The Bertz CT molecular complexity index is 458. The zero-order chi connectivity index (χ0) is 13.7. The fraction of sp³-hybridized carbons (Fsp3) is 0.462. The van der Waals surface area contributed by atoms with Crippen LogP contribution in [0.4, 0.5) is 5.69 Å². The van der Waals surface area contributed by atoms with Crippen molar-refractivity contribution in [2.24, 2.45) is 5.92 Å². The molecule has 0 saturated carbocycles. The van der Waals surface area contributed by atoms with Crippen molar-refractivity contribution in [2.45, 2.75) is 27.2 Å². The molecule has 5 nitrogen and oxygen atoms in total. The average molecular weight is 250 g/mol. The Morgan fingerprint density at radius 3 is 2.72 bits per heavy atom. The molecule has 0 fully saturated rings. The van der Waals surface area contributed by atoms with Gasteiger partial charge in [0.05, 0.1) is 4.92 Å². The fourth-order valence-electron chi connectivity index (χ4n) is 1.50. The predicted molar refractivity (Wildman–Crippen MR) is 69.6 cm³/mol. The van der Waals surface area contributed by atoms with Crippen LogP contribution in [-0.2, 0) is 0 Å². The van der Waals surface area contributed by atoms with E-state index in [0.717, 1.165) is 12.0 Å². The number of carbonyl (C=O) groups is 1. The smallest absolute Gasteiger partial charge is 0.282 e. The molecule has 1 unspecified atom stereocenters. The Kier molecular flexibility index (Phi) is 4.83. The number of nitrogens with zero attached hydrogens (tertiary/aromatic N) is 1. The van der Waals surface area contributed by atoms with Gasteiger partial charge in [-0.2, -0.15) is 0 Å². The number of nitro groups is 1. The van der Waals surface area contributed by atoms with Crippen molar-refractivity contribution in [1.29, 1.82) is 0 Å². The molecule has 0 aliphatic heterocycles. The summed E-state index contributed by atoms with van der Waals surface area (Å²) in [4.78, 5) is 22.3. The summed E-state index contributed by atoms with van der Waals surface area (Å²) in [5, 5.41) is 13.6. The van der Waals surface area contributed by atoms with Crippen molar-refractivity contribution in [3.63, 3.8) is 0 Å². The summed E-state index contributed by atoms with van der Waals surface area (Å²) >= 11 is 0. The van der Waals surface area contributed by atoms with E-state index in [-0.39, 0.29) is 17.2 Å². The molecule has 1 aromatic carbocycles. The third kappa shape index (κ3) is 3.55. The average Bonchev–Trinajstić information content (AvgIpc) is 2.34. The third-order valence-corrected chi connectivity index (χ3v) is 2.90. The van der Waals surface area contributed by atoms with Crippen LogP contribution in [0.15, 0.2) is 18.2 Å². The first-order valence-electron chi connectivity index (χ1n) is 5.99. The van der Waals surface area contributed by atoms with E-state index >= 15 is 0 Å². The van der Waals surface area contributed by atoms with Crippen LogP contribution in [0.3, 0.4) is 0 Å². The van der Waals surface area contributed by atoms with Crippen LogP contribution in [0.25, 0.3) is 0 Å². The summed E-state index contributed by atoms with van der Waals surface area (Å²) in [6, 6.07) is 4.54. The van der Waals surface area contributed by atoms with Gasteiger partial charge in [0.15, 0.2) is 0 Å². The van der Waals surface area contributed by atoms with E-state index in [1.165, 1.54) is 6.07 Å². The minimum atomic E-state index is -0.530. The van der Waals surface area contributed by atoms with Gasteiger partial charge in [0.2, 0.25) is 0 Å². The van der Waals surface area contributed by atoms with Gasteiger partial charge in [-0.25, -0.2) is 0 Å². The Hall–Kier alpha value is -1.91. The zero-order valence-corrected chi connectivity index (χ0v) is 10.9. The molecule has 1 rings (SSSR count). The normalized spacial score (nSPS) is 11.9. The summed E-state index contributed by atoms with van der Waals surface area (Å²) in [5.74, 6) is -0.0245. The van der Waals surface area contributed by atoms with E-state index in [4.69, 9.17) is 0 Å². The molecular formula is C13H18N2O3. The molecule has 18 heavy (non-hydrogen) atoms. The number of carbonyl (C=O) groups excluding carboxylic acids is 1. The molecule has 0 radical (unpaired) electrons. The summed E-state index contributed by atoms with van der Waals surface area (Å²) < 4.78 is 0. The number of hydrogen-bond donors (Lipinski definition) is 1. The Balaban J connectivity index is 2.90. The second-order valence-corrected chi connectivity index (χ2v) is 4.50. The predicted octanol–water partition coefficient (Wildman–Crippen LogP) is 2.68. The molecular weight excluding hydrogens is 232 g/mol. The summed E-state index contributed by atoms with van der Waals surface area (Å²) in [7, 11) is 0. The Labute approximate surface area is 106 Å². The maximum Gasteiger partial charge on any atom is 0.282 e. The van der Waals surface area contributed by atoms with Crippen molar-refractivity contribution in [2.75, 3.05) is 6.54 Å². The zero-order valence-electron chi connectivity index (χ0n) is 10.9. The summed E-state index contributed by atoms with van der Waals surface area (Å²) in [5.41, 5.74) is 0.805. The number of nitrogens with one attached hydrogen (secondary N) is 1. The van der Waals surface area contributed by atoms with Gasteiger partial charge in [-0.05, 0) is 24.5 Å². The first kappa shape index (κ1) is 14.2. The van der Waals surface area contributed by atoms with Crippen molar-refractivity contribution in [3.05, 3.63) is 39.4 Å². The molecule has 0 aliphatic rings. The molecule has 1 N–H and O–H groups in total. The van der Waals surface area contributed by atoms with E-state index in [0.29, 0.717) is 12.5 Å². The number of aryl methyl sites for hydroxylation is 1.